The molecule has 87 heavy (non-hydrogen) atoms. The Morgan fingerprint density at radius 2 is 0.816 bits per heavy atom. The molecule has 0 saturated heterocycles. The summed E-state index contributed by atoms with van der Waals surface area (Å²) < 4.78 is 98.4. The molecule has 0 aliphatic heterocycles. The number of aliphatic carboxylic acids is 3. The molecule has 3 saturated carbocycles. The van der Waals surface area contributed by atoms with Gasteiger partial charge in [-0.1, -0.05) is 64.1 Å². The number of anilines is 3. The summed E-state index contributed by atoms with van der Waals surface area (Å²) in [7, 11) is 0. The van der Waals surface area contributed by atoms with Crippen molar-refractivity contribution in [2.75, 3.05) is 16.0 Å². The highest BCUT2D eigenvalue weighted by molar-refractivity contribution is 9.11. The minimum atomic E-state index is -4.48. The van der Waals surface area contributed by atoms with E-state index in [4.69, 9.17) is 87.5 Å². The molecule has 9 rings (SSSR count). The van der Waals surface area contributed by atoms with E-state index in [0.29, 0.717) is 65.5 Å². The number of carbonyl (C=O) groups is 3. The number of benzene rings is 6. The largest absolute Gasteiger partial charge is 0.487 e. The lowest BCUT2D eigenvalue weighted by Gasteiger charge is -2.28. The Morgan fingerprint density at radius 1 is 0.483 bits per heavy atom. The van der Waals surface area contributed by atoms with Crippen molar-refractivity contribution >= 4 is 125 Å². The van der Waals surface area contributed by atoms with E-state index < -0.39 is 48.2 Å². The third kappa shape index (κ3) is 21.1. The Balaban J connectivity index is 0.000000187. The van der Waals surface area contributed by atoms with Crippen molar-refractivity contribution in [1.29, 1.82) is 0 Å². The van der Waals surface area contributed by atoms with Crippen LogP contribution in [0, 0.1) is 6.92 Å². The summed E-state index contributed by atoms with van der Waals surface area (Å²) >= 11 is 37.7. The predicted octanol–water partition coefficient (Wildman–Crippen LogP) is 18.7. The number of carboxylic acid groups (broad SMARTS) is 3. The van der Waals surface area contributed by atoms with Crippen LogP contribution in [0.2, 0.25) is 25.1 Å². The van der Waals surface area contributed by atoms with Gasteiger partial charge < -0.3 is 45.5 Å². The number of alkyl halides is 6. The van der Waals surface area contributed by atoms with Gasteiger partial charge in [0.25, 0.3) is 0 Å². The smallest absolute Gasteiger partial charge is 0.416 e. The van der Waals surface area contributed by atoms with E-state index in [2.05, 4.69) is 53.9 Å². The van der Waals surface area contributed by atoms with Crippen molar-refractivity contribution in [1.82, 2.24) is 0 Å². The summed E-state index contributed by atoms with van der Waals surface area (Å²) in [6.07, 6.45) is -1.41. The van der Waals surface area contributed by atoms with Crippen LogP contribution in [0.5, 0.6) is 17.2 Å². The maximum Gasteiger partial charge on any atom is 0.416 e. The van der Waals surface area contributed by atoms with E-state index in [9.17, 15) is 40.7 Å². The lowest BCUT2D eigenvalue weighted by Crippen LogP contribution is -2.27. The Hall–Kier alpha value is -5.48. The summed E-state index contributed by atoms with van der Waals surface area (Å²) in [4.78, 5) is 32.0. The number of aryl methyl sites for hydroxylation is 1. The van der Waals surface area contributed by atoms with Crippen LogP contribution in [0.15, 0.2) is 99.9 Å². The van der Waals surface area contributed by atoms with E-state index in [0.717, 1.165) is 72.3 Å². The number of hydrogen-bond acceptors (Lipinski definition) is 9. The fourth-order valence-electron chi connectivity index (χ4n) is 9.19. The average Bonchev–Trinajstić information content (AvgIpc) is 3.02. The molecule has 6 aromatic carbocycles. The molecule has 3 fully saturated rings. The quantitative estimate of drug-likeness (QED) is 0.0317. The molecule has 12 nitrogen and oxygen atoms in total. The lowest BCUT2D eigenvalue weighted by atomic mass is 9.93. The van der Waals surface area contributed by atoms with Gasteiger partial charge in [-0.2, -0.15) is 13.2 Å². The molecule has 0 spiro atoms. The second-order valence-corrected chi connectivity index (χ2v) is 25.1. The molecule has 6 aromatic rings. The average molecular weight is 1440 g/mol. The number of rotatable bonds is 24. The minimum Gasteiger partial charge on any atom is -0.487 e. The van der Waals surface area contributed by atoms with E-state index in [-0.39, 0.29) is 71.0 Å². The first kappa shape index (κ1) is 69.0. The monoisotopic (exact) mass is 1440 g/mol. The van der Waals surface area contributed by atoms with Gasteiger partial charge in [0.15, 0.2) is 11.5 Å². The van der Waals surface area contributed by atoms with Gasteiger partial charge in [0.2, 0.25) is 18.5 Å². The van der Waals surface area contributed by atoms with Crippen LogP contribution in [0.3, 0.4) is 0 Å². The first-order chi connectivity index (χ1) is 41.1. The van der Waals surface area contributed by atoms with Crippen molar-refractivity contribution in [2.45, 2.75) is 147 Å². The van der Waals surface area contributed by atoms with Gasteiger partial charge in [-0.25, -0.2) is 27.6 Å². The number of hydrogen-bond donors (Lipinski definition) is 6. The Labute approximate surface area is 540 Å². The third-order valence-corrected chi connectivity index (χ3v) is 16.7. The van der Waals surface area contributed by atoms with E-state index in [1.807, 2.05) is 31.2 Å². The molecular weight excluding hydrogens is 1380 g/mol. The topological polar surface area (TPSA) is 176 Å². The molecule has 0 heterocycles. The van der Waals surface area contributed by atoms with Gasteiger partial charge in [-0.3, -0.25) is 0 Å². The fraction of sp³-hybridized carbons (Fsp3) is 0.371. The molecule has 0 radical (unpaired) electrons. The van der Waals surface area contributed by atoms with E-state index in [1.54, 1.807) is 12.1 Å². The molecule has 0 bridgehead atoms. The van der Waals surface area contributed by atoms with E-state index in [1.165, 1.54) is 62.1 Å². The predicted molar refractivity (Wildman–Crippen MR) is 334 cm³/mol. The molecule has 3 atom stereocenters. The van der Waals surface area contributed by atoms with Crippen LogP contribution < -0.4 is 30.2 Å². The highest BCUT2D eigenvalue weighted by atomic mass is 79.9. The highest BCUT2D eigenvalue weighted by Crippen LogP contribution is 2.40. The van der Waals surface area contributed by atoms with Crippen LogP contribution in [-0.4, -0.2) is 69.9 Å². The van der Waals surface area contributed by atoms with E-state index >= 15 is 0 Å². The van der Waals surface area contributed by atoms with Crippen molar-refractivity contribution < 1.29 is 70.3 Å². The molecule has 0 amide bonds. The SMILES string of the molecule is Cc1cc(COc2c(Cl)cc(CC(F)C(=O)O)cc2Cl)cc(NC2CCC2)c1.O=C(O)C(F)Cc1cc(Br)c(OCc2cc(NC3CCC3)cc(C(F)(F)F)c2)c(Br)c1.O=C(O)C(F)Cc1cc(Cl)c(OCc2cc(Cl)cc(NC3CCC3)c2)c(Cl)c1. The second-order valence-electron chi connectivity index (χ2n) is 21.3. The van der Waals surface area contributed by atoms with Crippen LogP contribution in [0.4, 0.5) is 43.4 Å². The Morgan fingerprint density at radius 3 is 1.17 bits per heavy atom. The Kier molecular flexibility index (Phi) is 25.2. The van der Waals surface area contributed by atoms with Crippen LogP contribution in [-0.2, 0) is 59.6 Å². The van der Waals surface area contributed by atoms with Gasteiger partial charge in [0.05, 0.1) is 34.6 Å². The standard InChI is InChI=1S/C21H19Br2F4NO3.C21H22Cl2FNO3.C20H19Cl3FNO3/c22-16-6-11(8-18(24)20(29)30)7-17(23)19(16)31-10-12-4-13(21(25,26)27)9-15(5-12)28-14-2-1-3-14;1-12-5-14(7-16(6-12)25-15-3-2-4-15)11-28-20-17(22)8-13(9-18(20)23)10-19(24)21(26)27;21-13-4-12(5-15(9-13)25-14-2-1-3-14)10-28-19-16(22)6-11(7-17(19)23)8-18(24)20(26)27/h4-7,9,14,18,28H,1-3,8,10H2,(H,29,30);5-9,15,19,25H,2-4,10-11H2,1H3,(H,26,27);4-7,9,14,18,25H,1-3,8,10H2,(H,26,27). The Bertz CT molecular complexity index is 3200. The first-order valence-electron chi connectivity index (χ1n) is 27.5. The number of halogens is 13. The zero-order valence-electron chi connectivity index (χ0n) is 46.4. The number of carboxylic acids is 3. The van der Waals surface area contributed by atoms with Crippen LogP contribution in [0.1, 0.15) is 102 Å². The van der Waals surface area contributed by atoms with Gasteiger partial charge in [0, 0.05) is 59.5 Å². The zero-order chi connectivity index (χ0) is 63.3. The van der Waals surface area contributed by atoms with Gasteiger partial charge in [-0.05, 0) is 220 Å². The molecule has 6 N–H and O–H groups in total. The summed E-state index contributed by atoms with van der Waals surface area (Å²) in [6, 6.07) is 25.7. The van der Waals surface area contributed by atoms with Crippen molar-refractivity contribution in [2.24, 2.45) is 0 Å². The van der Waals surface area contributed by atoms with Crippen LogP contribution in [0.25, 0.3) is 0 Å². The summed E-state index contributed by atoms with van der Waals surface area (Å²) in [5.74, 6) is -3.72. The summed E-state index contributed by atoms with van der Waals surface area (Å²) in [6.45, 7) is 2.38. The summed E-state index contributed by atoms with van der Waals surface area (Å²) in [5, 5.41) is 37.6. The molecule has 468 valence electrons. The lowest BCUT2D eigenvalue weighted by molar-refractivity contribution is -0.143. The second kappa shape index (κ2) is 31.8. The number of nitrogens with one attached hydrogen (secondary N) is 3. The molecule has 25 heteroatoms. The maximum atomic E-state index is 13.5. The van der Waals surface area contributed by atoms with Crippen LogP contribution >= 0.6 is 89.9 Å². The fourth-order valence-corrected chi connectivity index (χ4v) is 12.2. The zero-order valence-corrected chi connectivity index (χ0v) is 53.4. The van der Waals surface area contributed by atoms with Gasteiger partial charge >= 0.3 is 24.1 Å². The third-order valence-electron chi connectivity index (χ3n) is 14.2. The van der Waals surface area contributed by atoms with Crippen molar-refractivity contribution in [3.8, 4) is 17.2 Å². The highest BCUT2D eigenvalue weighted by Gasteiger charge is 2.32. The molecule has 0 aromatic heterocycles. The number of ether oxygens (including phenoxy) is 3. The molecule has 3 aliphatic carbocycles. The maximum absolute atomic E-state index is 13.5. The van der Waals surface area contributed by atoms with Gasteiger partial charge in [-0.15, -0.1) is 0 Å². The summed E-state index contributed by atoms with van der Waals surface area (Å²) in [5.41, 5.74) is 6.14. The van der Waals surface area contributed by atoms with Crippen molar-refractivity contribution in [3.63, 3.8) is 0 Å². The first-order valence-corrected chi connectivity index (χ1v) is 31.0. The molecule has 3 unspecified atom stereocenters. The minimum absolute atomic E-state index is 0.124. The molecular formula is C62H60Br2Cl5F6N3O9. The molecule has 3 aliphatic rings. The van der Waals surface area contributed by atoms with Gasteiger partial charge in [0.1, 0.15) is 25.6 Å². The normalized spacial score (nSPS) is 15.1. The van der Waals surface area contributed by atoms with Crippen molar-refractivity contribution in [3.05, 3.63) is 170 Å².